The first-order valence-corrected chi connectivity index (χ1v) is 7.54. The van der Waals surface area contributed by atoms with E-state index in [2.05, 4.69) is 17.2 Å². The number of allylic oxidation sites excluding steroid dienone is 1. The molecule has 0 saturated heterocycles. The number of rotatable bonds is 9. The average molecular weight is 288 g/mol. The highest BCUT2D eigenvalue weighted by Crippen LogP contribution is 2.10. The minimum atomic E-state index is -0.489. The van der Waals surface area contributed by atoms with E-state index in [-0.39, 0.29) is 5.91 Å². The predicted molar refractivity (Wildman–Crippen MR) is 84.2 cm³/mol. The van der Waals surface area contributed by atoms with Crippen molar-refractivity contribution in [2.75, 3.05) is 0 Å². The summed E-state index contributed by atoms with van der Waals surface area (Å²) in [4.78, 5) is 27.6. The Balaban J connectivity index is 2.74. The standard InChI is InChI=1S/C17H24N2O2/c1-3-5-7-11-16-15(10-8-12-18-16)17(21)19-14(13-20)9-6-4-2/h4,6,8,10,12-14H,3,5,7,9,11H2,1-2H3,(H,19,21)/b6-4-/t14-/m0/s1. The third-order valence-corrected chi connectivity index (χ3v) is 3.26. The summed E-state index contributed by atoms with van der Waals surface area (Å²) in [6, 6.07) is 3.03. The van der Waals surface area contributed by atoms with Crippen molar-refractivity contribution in [3.63, 3.8) is 0 Å². The Labute approximate surface area is 126 Å². The van der Waals surface area contributed by atoms with Gasteiger partial charge in [-0.05, 0) is 38.3 Å². The Hall–Kier alpha value is -1.97. The molecule has 0 bridgehead atoms. The maximum atomic E-state index is 12.3. The van der Waals surface area contributed by atoms with Crippen LogP contribution in [-0.2, 0) is 11.2 Å². The van der Waals surface area contributed by atoms with Gasteiger partial charge in [0.1, 0.15) is 6.29 Å². The number of carbonyl (C=O) groups is 2. The Bertz CT molecular complexity index is 483. The quantitative estimate of drug-likeness (QED) is 0.431. The topological polar surface area (TPSA) is 59.1 Å². The number of nitrogens with one attached hydrogen (secondary N) is 1. The van der Waals surface area contributed by atoms with Crippen molar-refractivity contribution in [3.05, 3.63) is 41.7 Å². The van der Waals surface area contributed by atoms with E-state index in [1.165, 1.54) is 0 Å². The number of hydrogen-bond donors (Lipinski definition) is 1. The number of hydrogen-bond acceptors (Lipinski definition) is 3. The summed E-state index contributed by atoms with van der Waals surface area (Å²) in [6.07, 6.45) is 10.8. The van der Waals surface area contributed by atoms with Crippen LogP contribution in [0.2, 0.25) is 0 Å². The van der Waals surface area contributed by atoms with E-state index in [1.807, 2.05) is 19.1 Å². The van der Waals surface area contributed by atoms with E-state index in [0.717, 1.165) is 37.7 Å². The van der Waals surface area contributed by atoms with Gasteiger partial charge in [-0.15, -0.1) is 0 Å². The zero-order valence-electron chi connectivity index (χ0n) is 12.8. The molecule has 1 amide bonds. The SMILES string of the molecule is C/C=C\C[C@@H](C=O)NC(=O)c1cccnc1CCCCC. The van der Waals surface area contributed by atoms with E-state index in [0.29, 0.717) is 12.0 Å². The Morgan fingerprint density at radius 1 is 1.43 bits per heavy atom. The largest absolute Gasteiger partial charge is 0.342 e. The highest BCUT2D eigenvalue weighted by molar-refractivity contribution is 5.96. The first kappa shape index (κ1) is 17.1. The van der Waals surface area contributed by atoms with Gasteiger partial charge in [0.05, 0.1) is 17.3 Å². The molecule has 4 nitrogen and oxygen atoms in total. The molecule has 114 valence electrons. The Kier molecular flexibility index (Phi) is 8.02. The number of amides is 1. The van der Waals surface area contributed by atoms with Gasteiger partial charge in [0.25, 0.3) is 5.91 Å². The van der Waals surface area contributed by atoms with Gasteiger partial charge in [0, 0.05) is 6.20 Å². The summed E-state index contributed by atoms with van der Waals surface area (Å²) in [5, 5.41) is 2.75. The first-order chi connectivity index (χ1) is 10.2. The molecule has 1 aromatic rings. The van der Waals surface area contributed by atoms with Gasteiger partial charge >= 0.3 is 0 Å². The maximum Gasteiger partial charge on any atom is 0.253 e. The van der Waals surface area contributed by atoms with Crippen molar-refractivity contribution in [2.45, 2.75) is 52.0 Å². The molecule has 1 rings (SSSR count). The lowest BCUT2D eigenvalue weighted by atomic mass is 10.1. The van der Waals surface area contributed by atoms with E-state index in [4.69, 9.17) is 0 Å². The Morgan fingerprint density at radius 2 is 2.24 bits per heavy atom. The summed E-state index contributed by atoms with van der Waals surface area (Å²) < 4.78 is 0. The molecule has 0 aliphatic heterocycles. The van der Waals surface area contributed by atoms with Gasteiger partial charge in [0.15, 0.2) is 0 Å². The fourth-order valence-electron chi connectivity index (χ4n) is 2.06. The average Bonchev–Trinajstić information content (AvgIpc) is 2.52. The number of nitrogens with zero attached hydrogens (tertiary/aromatic N) is 1. The molecule has 1 aromatic heterocycles. The van der Waals surface area contributed by atoms with E-state index in [9.17, 15) is 9.59 Å². The van der Waals surface area contributed by atoms with Crippen molar-refractivity contribution >= 4 is 12.2 Å². The molecule has 4 heteroatoms. The molecule has 1 heterocycles. The smallest absolute Gasteiger partial charge is 0.253 e. The molecule has 0 aromatic carbocycles. The van der Waals surface area contributed by atoms with Crippen LogP contribution in [0.3, 0.4) is 0 Å². The van der Waals surface area contributed by atoms with Crippen LogP contribution >= 0.6 is 0 Å². The van der Waals surface area contributed by atoms with Crippen molar-refractivity contribution < 1.29 is 9.59 Å². The molecule has 0 radical (unpaired) electrons. The zero-order valence-corrected chi connectivity index (χ0v) is 12.8. The summed E-state index contributed by atoms with van der Waals surface area (Å²) in [6.45, 7) is 4.03. The number of aldehydes is 1. The molecule has 0 unspecified atom stereocenters. The molecule has 1 atom stereocenters. The molecular weight excluding hydrogens is 264 g/mol. The van der Waals surface area contributed by atoms with E-state index < -0.39 is 6.04 Å². The summed E-state index contributed by atoms with van der Waals surface area (Å²) in [5.74, 6) is -0.226. The predicted octanol–water partition coefficient (Wildman–Crippen LogP) is 3.08. The molecule has 0 spiro atoms. The fraction of sp³-hybridized carbons (Fsp3) is 0.471. The lowest BCUT2D eigenvalue weighted by molar-refractivity contribution is -0.109. The second-order valence-electron chi connectivity index (χ2n) is 4.98. The normalized spacial score (nSPS) is 12.3. The zero-order chi connectivity index (χ0) is 15.5. The van der Waals surface area contributed by atoms with Gasteiger partial charge in [-0.3, -0.25) is 9.78 Å². The lowest BCUT2D eigenvalue weighted by Gasteiger charge is -2.13. The van der Waals surface area contributed by atoms with E-state index in [1.54, 1.807) is 18.3 Å². The number of carbonyl (C=O) groups excluding carboxylic acids is 2. The van der Waals surface area contributed by atoms with Gasteiger partial charge in [-0.25, -0.2) is 0 Å². The van der Waals surface area contributed by atoms with Crippen molar-refractivity contribution in [3.8, 4) is 0 Å². The van der Waals surface area contributed by atoms with Crippen LogP contribution in [0.25, 0.3) is 0 Å². The molecule has 0 saturated carbocycles. The van der Waals surface area contributed by atoms with Crippen LogP contribution in [0.5, 0.6) is 0 Å². The maximum absolute atomic E-state index is 12.3. The van der Waals surface area contributed by atoms with Crippen LogP contribution in [0.1, 0.15) is 55.6 Å². The number of aromatic nitrogens is 1. The Morgan fingerprint density at radius 3 is 2.90 bits per heavy atom. The van der Waals surface area contributed by atoms with Crippen molar-refractivity contribution in [1.82, 2.24) is 10.3 Å². The lowest BCUT2D eigenvalue weighted by Crippen LogP contribution is -2.36. The van der Waals surface area contributed by atoms with Gasteiger partial charge in [0.2, 0.25) is 0 Å². The van der Waals surface area contributed by atoms with Crippen LogP contribution in [0.15, 0.2) is 30.5 Å². The molecule has 0 fully saturated rings. The fourth-order valence-corrected chi connectivity index (χ4v) is 2.06. The number of pyridine rings is 1. The third kappa shape index (κ3) is 5.90. The van der Waals surface area contributed by atoms with Crippen LogP contribution in [-0.4, -0.2) is 23.2 Å². The van der Waals surface area contributed by atoms with Gasteiger partial charge in [-0.1, -0.05) is 31.9 Å². The highest BCUT2D eigenvalue weighted by atomic mass is 16.2. The van der Waals surface area contributed by atoms with Gasteiger partial charge < -0.3 is 10.1 Å². The monoisotopic (exact) mass is 288 g/mol. The van der Waals surface area contributed by atoms with Crippen LogP contribution < -0.4 is 5.32 Å². The minimum Gasteiger partial charge on any atom is -0.342 e. The second-order valence-corrected chi connectivity index (χ2v) is 4.98. The summed E-state index contributed by atoms with van der Waals surface area (Å²) in [7, 11) is 0. The van der Waals surface area contributed by atoms with Crippen LogP contribution in [0.4, 0.5) is 0 Å². The van der Waals surface area contributed by atoms with Crippen molar-refractivity contribution in [2.24, 2.45) is 0 Å². The molecule has 0 aliphatic rings. The van der Waals surface area contributed by atoms with Crippen LogP contribution in [0, 0.1) is 0 Å². The minimum absolute atomic E-state index is 0.226. The number of aryl methyl sites for hydroxylation is 1. The van der Waals surface area contributed by atoms with Gasteiger partial charge in [-0.2, -0.15) is 0 Å². The number of unbranched alkanes of at least 4 members (excludes halogenated alkanes) is 2. The third-order valence-electron chi connectivity index (χ3n) is 3.26. The molecular formula is C17H24N2O2. The first-order valence-electron chi connectivity index (χ1n) is 7.54. The molecule has 0 aliphatic carbocycles. The summed E-state index contributed by atoms with van der Waals surface area (Å²) >= 11 is 0. The van der Waals surface area contributed by atoms with E-state index >= 15 is 0 Å². The van der Waals surface area contributed by atoms with Crippen molar-refractivity contribution in [1.29, 1.82) is 0 Å². The summed E-state index contributed by atoms with van der Waals surface area (Å²) in [5.41, 5.74) is 1.38. The molecule has 1 N–H and O–H groups in total. The highest BCUT2D eigenvalue weighted by Gasteiger charge is 2.15. The molecule has 21 heavy (non-hydrogen) atoms. The second kappa shape index (κ2) is 9.86.